The summed E-state index contributed by atoms with van der Waals surface area (Å²) in [6.45, 7) is 11.2. The normalized spacial score (nSPS) is 11.0. The van der Waals surface area contributed by atoms with E-state index in [4.69, 9.17) is 18.9 Å². The summed E-state index contributed by atoms with van der Waals surface area (Å²) in [6.07, 6.45) is 11.8. The monoisotopic (exact) mass is 573 g/mol. The first-order valence-corrected chi connectivity index (χ1v) is 15.5. The van der Waals surface area contributed by atoms with Gasteiger partial charge in [-0.2, -0.15) is 0 Å². The van der Waals surface area contributed by atoms with Gasteiger partial charge in [0.1, 0.15) is 11.5 Å². The van der Waals surface area contributed by atoms with Gasteiger partial charge in [0.15, 0.2) is 0 Å². The fourth-order valence-electron chi connectivity index (χ4n) is 4.22. The summed E-state index contributed by atoms with van der Waals surface area (Å²) in [6, 6.07) is 8.40. The highest BCUT2D eigenvalue weighted by Gasteiger charge is 2.15. The summed E-state index contributed by atoms with van der Waals surface area (Å²) in [5.41, 5.74) is 2.04. The number of hydrogen-bond acceptors (Lipinski definition) is 8. The Kier molecular flexibility index (Phi) is 16.6. The van der Waals surface area contributed by atoms with Gasteiger partial charge in [-0.3, -0.25) is 9.59 Å². The van der Waals surface area contributed by atoms with Crippen molar-refractivity contribution >= 4 is 41.1 Å². The van der Waals surface area contributed by atoms with Crippen LogP contribution in [0.25, 0.3) is 12.2 Å². The van der Waals surface area contributed by atoms with E-state index in [1.54, 1.807) is 11.3 Å². The summed E-state index contributed by atoms with van der Waals surface area (Å²) in [4.78, 5) is 25.3. The Morgan fingerprint density at radius 3 is 1.68 bits per heavy atom. The number of ether oxygens (including phenoxy) is 4. The zero-order chi connectivity index (χ0) is 29.0. The van der Waals surface area contributed by atoms with Crippen LogP contribution in [0.4, 0.5) is 5.69 Å². The number of esters is 2. The molecule has 0 N–H and O–H groups in total. The Morgan fingerprint density at radius 2 is 1.25 bits per heavy atom. The van der Waals surface area contributed by atoms with Gasteiger partial charge in [0, 0.05) is 49.6 Å². The number of unbranched alkanes of at least 4 members (excludes halogenated alkanes) is 6. The van der Waals surface area contributed by atoms with Gasteiger partial charge in [-0.1, -0.05) is 6.07 Å². The second-order valence-electron chi connectivity index (χ2n) is 9.58. The minimum Gasteiger partial charge on any atom is -0.493 e. The lowest BCUT2D eigenvalue weighted by Gasteiger charge is -2.24. The van der Waals surface area contributed by atoms with Crippen LogP contribution in [0, 0.1) is 0 Å². The molecular weight excluding hydrogens is 526 g/mol. The van der Waals surface area contributed by atoms with Gasteiger partial charge < -0.3 is 23.8 Å². The van der Waals surface area contributed by atoms with E-state index >= 15 is 0 Å². The molecule has 0 bridgehead atoms. The standard InChI is InChI=1S/C32H47NO6S/c1-5-33(6-2)28-24-31(38-21-13-9-7-11-19-36-26(3)34)30(18-17-29-16-15-23-40-29)32(25-28)39-22-14-10-8-12-20-37-27(4)35/h15-18,23-25H,5-14,19-22H2,1-4H3. The molecule has 40 heavy (non-hydrogen) atoms. The van der Waals surface area contributed by atoms with Crippen LogP contribution >= 0.6 is 11.3 Å². The maximum Gasteiger partial charge on any atom is 0.302 e. The average Bonchev–Trinajstić information content (AvgIpc) is 3.45. The summed E-state index contributed by atoms with van der Waals surface area (Å²) >= 11 is 1.70. The Morgan fingerprint density at radius 1 is 0.750 bits per heavy atom. The molecule has 8 heteroatoms. The maximum atomic E-state index is 10.9. The zero-order valence-corrected chi connectivity index (χ0v) is 25.6. The van der Waals surface area contributed by atoms with Crippen molar-refractivity contribution < 1.29 is 28.5 Å². The molecule has 0 spiro atoms. The molecule has 0 radical (unpaired) electrons. The average molecular weight is 574 g/mol. The summed E-state index contributed by atoms with van der Waals surface area (Å²) in [5.74, 6) is 1.20. The Balaban J connectivity index is 2.10. The number of nitrogens with zero attached hydrogens (tertiary/aromatic N) is 1. The SMILES string of the molecule is CCN(CC)c1cc(OCCCCCCOC(C)=O)c(C=Cc2cccs2)c(OCCCCCCOC(C)=O)c1. The van der Waals surface area contributed by atoms with Crippen molar-refractivity contribution in [2.24, 2.45) is 0 Å². The molecule has 0 saturated carbocycles. The predicted molar refractivity (Wildman–Crippen MR) is 164 cm³/mol. The lowest BCUT2D eigenvalue weighted by Crippen LogP contribution is -2.22. The van der Waals surface area contributed by atoms with E-state index in [2.05, 4.69) is 54.5 Å². The molecule has 0 atom stereocenters. The quantitative estimate of drug-likeness (QED) is 0.112. The van der Waals surface area contributed by atoms with Crippen molar-refractivity contribution in [1.82, 2.24) is 0 Å². The van der Waals surface area contributed by atoms with Crippen LogP contribution in [0.1, 0.15) is 89.5 Å². The molecule has 0 aliphatic rings. The van der Waals surface area contributed by atoms with E-state index < -0.39 is 0 Å². The first-order chi connectivity index (χ1) is 19.4. The second-order valence-corrected chi connectivity index (χ2v) is 10.6. The molecule has 222 valence electrons. The van der Waals surface area contributed by atoms with Crippen molar-refractivity contribution in [3.8, 4) is 11.5 Å². The molecule has 1 heterocycles. The van der Waals surface area contributed by atoms with Gasteiger partial charge in [-0.25, -0.2) is 0 Å². The summed E-state index contributed by atoms with van der Waals surface area (Å²) in [5, 5.41) is 2.07. The fourth-order valence-corrected chi connectivity index (χ4v) is 4.84. The third kappa shape index (κ3) is 13.4. The number of anilines is 1. The molecule has 2 rings (SSSR count). The Hall–Kier alpha value is -3.00. The van der Waals surface area contributed by atoms with Crippen LogP contribution in [0.5, 0.6) is 11.5 Å². The lowest BCUT2D eigenvalue weighted by atomic mass is 10.1. The van der Waals surface area contributed by atoms with Crippen molar-refractivity contribution in [3.05, 3.63) is 40.1 Å². The third-order valence-electron chi connectivity index (χ3n) is 6.38. The van der Waals surface area contributed by atoms with Crippen LogP contribution in [-0.2, 0) is 19.1 Å². The molecule has 0 fully saturated rings. The number of carbonyl (C=O) groups excluding carboxylic acids is 2. The smallest absolute Gasteiger partial charge is 0.302 e. The molecule has 0 aliphatic heterocycles. The molecular formula is C32H47NO6S. The summed E-state index contributed by atoms with van der Waals surface area (Å²) in [7, 11) is 0. The number of benzene rings is 1. The van der Waals surface area contributed by atoms with E-state index in [0.717, 1.165) is 87.2 Å². The topological polar surface area (TPSA) is 74.3 Å². The first kappa shape index (κ1) is 33.2. The van der Waals surface area contributed by atoms with Gasteiger partial charge >= 0.3 is 11.9 Å². The Bertz CT molecular complexity index is 965. The highest BCUT2D eigenvalue weighted by atomic mass is 32.1. The van der Waals surface area contributed by atoms with Crippen molar-refractivity contribution in [2.75, 3.05) is 44.4 Å². The van der Waals surface area contributed by atoms with E-state index in [1.807, 2.05) is 6.07 Å². The van der Waals surface area contributed by atoms with Gasteiger partial charge in [0.2, 0.25) is 0 Å². The van der Waals surface area contributed by atoms with Gasteiger partial charge in [-0.15, -0.1) is 11.3 Å². The summed E-state index contributed by atoms with van der Waals surface area (Å²) < 4.78 is 22.8. The molecule has 0 aliphatic carbocycles. The van der Waals surface area contributed by atoms with E-state index in [9.17, 15) is 9.59 Å². The third-order valence-corrected chi connectivity index (χ3v) is 7.22. The maximum absolute atomic E-state index is 10.9. The Labute approximate surface area is 244 Å². The van der Waals surface area contributed by atoms with E-state index in [1.165, 1.54) is 18.7 Å². The van der Waals surface area contributed by atoms with E-state index in [-0.39, 0.29) is 11.9 Å². The second kappa shape index (κ2) is 20.0. The molecule has 7 nitrogen and oxygen atoms in total. The van der Waals surface area contributed by atoms with Crippen molar-refractivity contribution in [1.29, 1.82) is 0 Å². The van der Waals surface area contributed by atoms with Gasteiger partial charge in [0.25, 0.3) is 0 Å². The van der Waals surface area contributed by atoms with Gasteiger partial charge in [-0.05, 0) is 88.8 Å². The highest BCUT2D eigenvalue weighted by Crippen LogP contribution is 2.37. The highest BCUT2D eigenvalue weighted by molar-refractivity contribution is 7.10. The first-order valence-electron chi connectivity index (χ1n) is 14.6. The molecule has 1 aromatic carbocycles. The van der Waals surface area contributed by atoms with Crippen LogP contribution in [0.2, 0.25) is 0 Å². The predicted octanol–water partition coefficient (Wildman–Crippen LogP) is 7.77. The van der Waals surface area contributed by atoms with Crippen molar-refractivity contribution in [3.63, 3.8) is 0 Å². The van der Waals surface area contributed by atoms with E-state index in [0.29, 0.717) is 26.4 Å². The fraction of sp³-hybridized carbons (Fsp3) is 0.562. The minimum absolute atomic E-state index is 0.225. The van der Waals surface area contributed by atoms with Crippen LogP contribution in [-0.4, -0.2) is 51.5 Å². The van der Waals surface area contributed by atoms with Crippen LogP contribution in [0.15, 0.2) is 29.6 Å². The molecule has 1 aromatic heterocycles. The number of hydrogen-bond donors (Lipinski definition) is 0. The molecule has 0 unspecified atom stereocenters. The van der Waals surface area contributed by atoms with Crippen LogP contribution < -0.4 is 14.4 Å². The number of rotatable bonds is 21. The molecule has 2 aromatic rings. The number of carbonyl (C=O) groups is 2. The minimum atomic E-state index is -0.225. The van der Waals surface area contributed by atoms with Crippen LogP contribution in [0.3, 0.4) is 0 Å². The van der Waals surface area contributed by atoms with Crippen molar-refractivity contribution in [2.45, 2.75) is 79.1 Å². The lowest BCUT2D eigenvalue weighted by molar-refractivity contribution is -0.142. The molecule has 0 saturated heterocycles. The number of thiophene rings is 1. The largest absolute Gasteiger partial charge is 0.493 e. The van der Waals surface area contributed by atoms with Gasteiger partial charge in [0.05, 0.1) is 32.0 Å². The molecule has 0 amide bonds. The zero-order valence-electron chi connectivity index (χ0n) is 24.7.